The van der Waals surface area contributed by atoms with Gasteiger partial charge in [0.25, 0.3) is 0 Å². The lowest BCUT2D eigenvalue weighted by atomic mass is 9.84. The zero-order valence-electron chi connectivity index (χ0n) is 21.5. The fraction of sp³-hybridized carbons (Fsp3) is 0.241. The summed E-state index contributed by atoms with van der Waals surface area (Å²) >= 11 is 1.31. The molecule has 0 radical (unpaired) electrons. The van der Waals surface area contributed by atoms with Crippen molar-refractivity contribution in [1.29, 1.82) is 0 Å². The van der Waals surface area contributed by atoms with Gasteiger partial charge in [-0.05, 0) is 35.2 Å². The van der Waals surface area contributed by atoms with Crippen molar-refractivity contribution in [3.63, 3.8) is 0 Å². The van der Waals surface area contributed by atoms with Gasteiger partial charge in [-0.25, -0.2) is 4.39 Å². The Kier molecular flexibility index (Phi) is 10.8. The molecule has 0 aliphatic carbocycles. The fourth-order valence-corrected chi connectivity index (χ4v) is 5.69. The number of carboxylic acid groups (broad SMARTS) is 2. The number of carbonyl (C=O) groups excluding carboxylic acids is 2. The number of amides is 2. The lowest BCUT2D eigenvalue weighted by Crippen LogP contribution is -2.50. The summed E-state index contributed by atoms with van der Waals surface area (Å²) < 4.78 is 13.0. The monoisotopic (exact) mass is 567 g/mol. The van der Waals surface area contributed by atoms with E-state index in [2.05, 4.69) is 10.6 Å². The Morgan fingerprint density at radius 1 is 0.850 bits per heavy atom. The average Bonchev–Trinajstić information content (AvgIpc) is 2.96. The SMILES string of the molecule is NC(CCC(=O)NC(CSC(c1ccccc1)(c1ccccc1)c1ccc(F)cc1)C(=O)NCC(=O)O)C(=O)O. The molecule has 0 bridgehead atoms. The van der Waals surface area contributed by atoms with Crippen LogP contribution < -0.4 is 16.4 Å². The van der Waals surface area contributed by atoms with E-state index < -0.39 is 52.9 Å². The van der Waals surface area contributed by atoms with Crippen LogP contribution in [0.25, 0.3) is 0 Å². The van der Waals surface area contributed by atoms with Crippen LogP contribution in [-0.2, 0) is 23.9 Å². The first-order chi connectivity index (χ1) is 19.1. The second-order valence-electron chi connectivity index (χ2n) is 8.95. The van der Waals surface area contributed by atoms with Crippen LogP contribution in [0.15, 0.2) is 84.9 Å². The Morgan fingerprint density at radius 3 is 1.88 bits per heavy atom. The maximum absolute atomic E-state index is 14.0. The topological polar surface area (TPSA) is 159 Å². The van der Waals surface area contributed by atoms with Crippen LogP contribution in [-0.4, -0.2) is 58.3 Å². The lowest BCUT2D eigenvalue weighted by molar-refractivity contribution is -0.139. The number of rotatable bonds is 14. The highest BCUT2D eigenvalue weighted by molar-refractivity contribution is 8.00. The van der Waals surface area contributed by atoms with E-state index in [1.54, 1.807) is 12.1 Å². The highest BCUT2D eigenvalue weighted by atomic mass is 32.2. The molecule has 0 heterocycles. The number of carboxylic acids is 2. The summed E-state index contributed by atoms with van der Waals surface area (Å²) in [4.78, 5) is 47.8. The zero-order valence-corrected chi connectivity index (χ0v) is 22.3. The predicted molar refractivity (Wildman–Crippen MR) is 149 cm³/mol. The van der Waals surface area contributed by atoms with E-state index in [-0.39, 0.29) is 18.6 Å². The minimum absolute atomic E-state index is 0.0106. The molecule has 2 amide bonds. The summed E-state index contributed by atoms with van der Waals surface area (Å²) in [5.41, 5.74) is 7.89. The number of hydrogen-bond donors (Lipinski definition) is 5. The largest absolute Gasteiger partial charge is 0.480 e. The summed E-state index contributed by atoms with van der Waals surface area (Å²) in [5, 5.41) is 22.9. The Balaban J connectivity index is 2.00. The first-order valence-corrected chi connectivity index (χ1v) is 13.4. The van der Waals surface area contributed by atoms with Crippen LogP contribution in [0.4, 0.5) is 4.39 Å². The summed E-state index contributed by atoms with van der Waals surface area (Å²) in [6, 6.07) is 22.4. The second kappa shape index (κ2) is 14.2. The van der Waals surface area contributed by atoms with E-state index in [0.29, 0.717) is 0 Å². The molecule has 0 aliphatic heterocycles. The van der Waals surface area contributed by atoms with Crippen LogP contribution in [0, 0.1) is 5.82 Å². The first kappa shape index (κ1) is 30.3. The van der Waals surface area contributed by atoms with Crippen molar-refractivity contribution in [1.82, 2.24) is 10.6 Å². The van der Waals surface area contributed by atoms with Gasteiger partial charge in [-0.2, -0.15) is 0 Å². The third-order valence-corrected chi connectivity index (χ3v) is 7.78. The van der Waals surface area contributed by atoms with Crippen molar-refractivity contribution in [3.05, 3.63) is 107 Å². The molecule has 3 aromatic rings. The van der Waals surface area contributed by atoms with Crippen molar-refractivity contribution >= 4 is 35.5 Å². The van der Waals surface area contributed by atoms with E-state index in [1.165, 1.54) is 23.9 Å². The van der Waals surface area contributed by atoms with Gasteiger partial charge in [-0.1, -0.05) is 72.8 Å². The van der Waals surface area contributed by atoms with Gasteiger partial charge in [0.1, 0.15) is 24.4 Å². The van der Waals surface area contributed by atoms with Gasteiger partial charge < -0.3 is 26.6 Å². The van der Waals surface area contributed by atoms with Crippen LogP contribution in [0.3, 0.4) is 0 Å². The highest BCUT2D eigenvalue weighted by Crippen LogP contribution is 2.48. The number of aliphatic carboxylic acids is 2. The van der Waals surface area contributed by atoms with Crippen molar-refractivity contribution in [2.45, 2.75) is 29.7 Å². The molecule has 11 heteroatoms. The molecule has 0 fully saturated rings. The number of hydrogen-bond acceptors (Lipinski definition) is 6. The lowest BCUT2D eigenvalue weighted by Gasteiger charge is -2.36. The van der Waals surface area contributed by atoms with Crippen LogP contribution in [0.1, 0.15) is 29.5 Å². The van der Waals surface area contributed by atoms with E-state index in [4.69, 9.17) is 15.9 Å². The number of nitrogens with two attached hydrogens (primary N) is 1. The Hall–Kier alpha value is -4.22. The first-order valence-electron chi connectivity index (χ1n) is 12.4. The normalized spacial score (nSPS) is 12.7. The predicted octanol–water partition coefficient (Wildman–Crippen LogP) is 2.73. The van der Waals surface area contributed by atoms with Crippen molar-refractivity contribution < 1.29 is 33.8 Å². The van der Waals surface area contributed by atoms with Crippen molar-refractivity contribution in [3.8, 4) is 0 Å². The molecule has 2 unspecified atom stereocenters. The molecule has 3 rings (SSSR count). The quantitative estimate of drug-likeness (QED) is 0.186. The van der Waals surface area contributed by atoms with Crippen LogP contribution in [0.2, 0.25) is 0 Å². The number of halogens is 1. The van der Waals surface area contributed by atoms with Gasteiger partial charge in [0.05, 0.1) is 4.75 Å². The molecular formula is C29H30FN3O6S. The summed E-state index contributed by atoms with van der Waals surface area (Å²) in [5.74, 6) is -4.27. The van der Waals surface area contributed by atoms with Crippen LogP contribution >= 0.6 is 11.8 Å². The number of carbonyl (C=O) groups is 4. The Bertz CT molecular complexity index is 1270. The molecule has 0 aliphatic rings. The van der Waals surface area contributed by atoms with Gasteiger partial charge >= 0.3 is 11.9 Å². The van der Waals surface area contributed by atoms with Gasteiger partial charge in [-0.15, -0.1) is 11.8 Å². The fourth-order valence-electron chi connectivity index (χ4n) is 4.13. The Labute approximate surface area is 235 Å². The third-order valence-electron chi connectivity index (χ3n) is 6.14. The summed E-state index contributed by atoms with van der Waals surface area (Å²) in [7, 11) is 0. The van der Waals surface area contributed by atoms with Crippen LogP contribution in [0.5, 0.6) is 0 Å². The van der Waals surface area contributed by atoms with Gasteiger partial charge in [0.2, 0.25) is 11.8 Å². The molecule has 3 aromatic carbocycles. The number of nitrogens with one attached hydrogen (secondary N) is 2. The molecule has 210 valence electrons. The second-order valence-corrected chi connectivity index (χ2v) is 10.2. The van der Waals surface area contributed by atoms with Crippen molar-refractivity contribution in [2.24, 2.45) is 5.73 Å². The molecule has 6 N–H and O–H groups in total. The van der Waals surface area contributed by atoms with E-state index in [1.807, 2.05) is 60.7 Å². The summed E-state index contributed by atoms with van der Waals surface area (Å²) in [6.07, 6.45) is -0.396. The van der Waals surface area contributed by atoms with Gasteiger partial charge in [-0.3, -0.25) is 19.2 Å². The average molecular weight is 568 g/mol. The Morgan fingerprint density at radius 2 is 1.38 bits per heavy atom. The molecule has 0 saturated carbocycles. The van der Waals surface area contributed by atoms with E-state index in [9.17, 15) is 23.6 Å². The highest BCUT2D eigenvalue weighted by Gasteiger charge is 2.38. The molecule has 9 nitrogen and oxygen atoms in total. The summed E-state index contributed by atoms with van der Waals surface area (Å²) in [6.45, 7) is -0.653. The molecule has 0 spiro atoms. The molecule has 0 aromatic heterocycles. The molecule has 40 heavy (non-hydrogen) atoms. The number of thioether (sulfide) groups is 1. The van der Waals surface area contributed by atoms with E-state index in [0.717, 1.165) is 16.7 Å². The standard InChI is InChI=1S/C29H30FN3O6S/c30-22-13-11-21(12-14-22)29(19-7-3-1-4-8-19,20-9-5-2-6-10-20)40-18-24(27(37)32-17-26(35)36)33-25(34)16-15-23(31)28(38)39/h1-14,23-24H,15-18,31H2,(H,32,37)(H,33,34)(H,35,36)(H,38,39). The third kappa shape index (κ3) is 7.90. The zero-order chi connectivity index (χ0) is 29.1. The minimum atomic E-state index is -1.26. The number of benzene rings is 3. The van der Waals surface area contributed by atoms with Crippen molar-refractivity contribution in [2.75, 3.05) is 12.3 Å². The van der Waals surface area contributed by atoms with E-state index >= 15 is 0 Å². The minimum Gasteiger partial charge on any atom is -0.480 e. The molecule has 0 saturated heterocycles. The maximum atomic E-state index is 14.0. The molecule has 2 atom stereocenters. The van der Waals surface area contributed by atoms with Gasteiger partial charge in [0.15, 0.2) is 0 Å². The smallest absolute Gasteiger partial charge is 0.322 e. The maximum Gasteiger partial charge on any atom is 0.322 e. The molecular weight excluding hydrogens is 537 g/mol. The van der Waals surface area contributed by atoms with Gasteiger partial charge in [0, 0.05) is 12.2 Å².